The first kappa shape index (κ1) is 13.3. The third-order valence-corrected chi connectivity index (χ3v) is 6.06. The van der Waals surface area contributed by atoms with Gasteiger partial charge >= 0.3 is 0 Å². The molecule has 1 unspecified atom stereocenters. The number of hydrogen-bond donors (Lipinski definition) is 2. The summed E-state index contributed by atoms with van der Waals surface area (Å²) in [5, 5.41) is 3.74. The van der Waals surface area contributed by atoms with Gasteiger partial charge in [-0.2, -0.15) is 4.55 Å². The fraction of sp³-hybridized carbons (Fsp3) is 0.462. The van der Waals surface area contributed by atoms with Crippen molar-refractivity contribution < 1.29 is 18.2 Å². The minimum absolute atomic E-state index is 0.0665. The number of thiocarbonyl (C=S) groups is 1. The summed E-state index contributed by atoms with van der Waals surface area (Å²) in [6, 6.07) is 5.48. The van der Waals surface area contributed by atoms with E-state index in [2.05, 4.69) is 5.32 Å². The van der Waals surface area contributed by atoms with E-state index in [1.807, 2.05) is 23.1 Å². The average molecular weight is 327 g/mol. The second-order valence-electron chi connectivity index (χ2n) is 5.43. The second kappa shape index (κ2) is 4.56. The van der Waals surface area contributed by atoms with Gasteiger partial charge in [0.25, 0.3) is 0 Å². The van der Waals surface area contributed by atoms with Crippen LogP contribution in [0.15, 0.2) is 18.2 Å². The summed E-state index contributed by atoms with van der Waals surface area (Å²) >= 11 is 5.37. The summed E-state index contributed by atoms with van der Waals surface area (Å²) in [5.41, 5.74) is 0.862. The van der Waals surface area contributed by atoms with E-state index in [1.165, 1.54) is 0 Å². The Balaban J connectivity index is 1.69. The number of hydrogen-bond acceptors (Lipinski definition) is 4. The zero-order valence-electron chi connectivity index (χ0n) is 11.2. The molecule has 2 saturated heterocycles. The van der Waals surface area contributed by atoms with Gasteiger partial charge in [0.05, 0.1) is 0 Å². The Morgan fingerprint density at radius 3 is 2.86 bits per heavy atom. The molecule has 3 heterocycles. The van der Waals surface area contributed by atoms with E-state index in [1.54, 1.807) is 0 Å². The van der Waals surface area contributed by atoms with Gasteiger partial charge in [0, 0.05) is 11.8 Å². The molecule has 3 aliphatic rings. The van der Waals surface area contributed by atoms with Crippen molar-refractivity contribution in [3.63, 3.8) is 0 Å². The Labute approximate surface area is 128 Å². The Bertz CT molecular complexity index is 666. The van der Waals surface area contributed by atoms with Gasteiger partial charge in [-0.05, 0) is 24.4 Å². The van der Waals surface area contributed by atoms with Crippen LogP contribution in [0.5, 0.6) is 11.5 Å². The SMILES string of the molecule is O=[S+]1(O)C[C@@H]2NC(=S)N(c3ccc4c(c3)OCCO4)[C@H]2C1. The molecule has 0 aliphatic carbocycles. The third kappa shape index (κ3) is 2.18. The van der Waals surface area contributed by atoms with Gasteiger partial charge in [-0.1, -0.05) is 4.21 Å². The highest BCUT2D eigenvalue weighted by molar-refractivity contribution is 7.98. The first-order valence-corrected chi connectivity index (χ1v) is 9.01. The average Bonchev–Trinajstić information content (AvgIpc) is 2.88. The Kier molecular flexibility index (Phi) is 2.88. The summed E-state index contributed by atoms with van der Waals surface area (Å²) in [6.07, 6.45) is 0. The van der Waals surface area contributed by atoms with Gasteiger partial charge in [0.2, 0.25) is 10.2 Å². The fourth-order valence-electron chi connectivity index (χ4n) is 3.10. The molecule has 0 aromatic heterocycles. The van der Waals surface area contributed by atoms with Crippen molar-refractivity contribution in [2.75, 3.05) is 29.6 Å². The number of ether oxygens (including phenoxy) is 2. The molecule has 3 aliphatic heterocycles. The predicted octanol–water partition coefficient (Wildman–Crippen LogP) is 0.876. The van der Waals surface area contributed by atoms with Crippen molar-refractivity contribution in [1.82, 2.24) is 5.32 Å². The molecule has 4 rings (SSSR count). The first-order valence-electron chi connectivity index (χ1n) is 6.75. The summed E-state index contributed by atoms with van der Waals surface area (Å²) in [7, 11) is -2.76. The quantitative estimate of drug-likeness (QED) is 0.586. The Morgan fingerprint density at radius 2 is 2.05 bits per heavy atom. The second-order valence-corrected chi connectivity index (χ2v) is 8.03. The molecule has 21 heavy (non-hydrogen) atoms. The van der Waals surface area contributed by atoms with E-state index in [4.69, 9.17) is 21.7 Å². The van der Waals surface area contributed by atoms with Gasteiger partial charge < -0.3 is 19.7 Å². The van der Waals surface area contributed by atoms with Crippen LogP contribution >= 0.6 is 12.2 Å². The molecular weight excluding hydrogens is 312 g/mol. The van der Waals surface area contributed by atoms with Crippen molar-refractivity contribution in [3.8, 4) is 11.5 Å². The summed E-state index contributed by atoms with van der Waals surface area (Å²) in [4.78, 5) is 1.92. The van der Waals surface area contributed by atoms with Crippen LogP contribution in [0.4, 0.5) is 5.69 Å². The highest BCUT2D eigenvalue weighted by Gasteiger charge is 2.54. The van der Waals surface area contributed by atoms with Crippen LogP contribution in [-0.4, -0.2) is 46.5 Å². The van der Waals surface area contributed by atoms with E-state index >= 15 is 0 Å². The molecule has 2 fully saturated rings. The number of rotatable bonds is 1. The molecule has 2 N–H and O–H groups in total. The maximum Gasteiger partial charge on any atom is 0.218 e. The van der Waals surface area contributed by atoms with E-state index < -0.39 is 10.2 Å². The monoisotopic (exact) mass is 327 g/mol. The van der Waals surface area contributed by atoms with Crippen LogP contribution in [-0.2, 0) is 14.4 Å². The molecule has 1 aromatic carbocycles. The molecule has 0 saturated carbocycles. The van der Waals surface area contributed by atoms with Crippen molar-refractivity contribution in [2.45, 2.75) is 12.1 Å². The third-order valence-electron chi connectivity index (χ3n) is 4.00. The van der Waals surface area contributed by atoms with Gasteiger partial charge in [0.15, 0.2) is 28.1 Å². The normalized spacial score (nSPS) is 33.8. The lowest BCUT2D eigenvalue weighted by atomic mass is 10.1. The van der Waals surface area contributed by atoms with Crippen molar-refractivity contribution in [2.24, 2.45) is 0 Å². The number of anilines is 1. The lowest BCUT2D eigenvalue weighted by molar-refractivity contribution is 0.171. The highest BCUT2D eigenvalue weighted by atomic mass is 32.3. The molecule has 1 aromatic rings. The zero-order valence-corrected chi connectivity index (χ0v) is 12.8. The largest absolute Gasteiger partial charge is 0.486 e. The fourth-order valence-corrected chi connectivity index (χ4v) is 5.41. The molecule has 8 heteroatoms. The molecular formula is C13H15N2O4S2+. The van der Waals surface area contributed by atoms with Crippen molar-refractivity contribution >= 4 is 33.2 Å². The van der Waals surface area contributed by atoms with Gasteiger partial charge in [-0.15, -0.1) is 0 Å². The molecule has 0 radical (unpaired) electrons. The van der Waals surface area contributed by atoms with Crippen LogP contribution in [0.25, 0.3) is 0 Å². The van der Waals surface area contributed by atoms with E-state index in [0.717, 1.165) is 11.4 Å². The standard InChI is InChI=1S/C13H14N2O4S2/c16-21(17)6-9-10(7-21)15(13(20)14-9)8-1-2-11-12(5-8)19-4-3-18-11/h1-2,5,9-10H,3-4,6-7H2,(H-,14,16,17,20)/p+1/t9-,10-/m0/s1. The summed E-state index contributed by atoms with van der Waals surface area (Å²) in [5.74, 6) is 1.89. The van der Waals surface area contributed by atoms with E-state index in [0.29, 0.717) is 24.1 Å². The number of nitrogens with zero attached hydrogens (tertiary/aromatic N) is 1. The van der Waals surface area contributed by atoms with Gasteiger partial charge in [0.1, 0.15) is 25.3 Å². The van der Waals surface area contributed by atoms with Crippen molar-refractivity contribution in [1.29, 1.82) is 0 Å². The molecule has 0 bridgehead atoms. The smallest absolute Gasteiger partial charge is 0.218 e. The summed E-state index contributed by atoms with van der Waals surface area (Å²) in [6.45, 7) is 1.07. The lowest BCUT2D eigenvalue weighted by Gasteiger charge is -2.25. The zero-order chi connectivity index (χ0) is 14.6. The van der Waals surface area contributed by atoms with E-state index in [-0.39, 0.29) is 23.6 Å². The number of nitrogens with one attached hydrogen (secondary N) is 1. The van der Waals surface area contributed by atoms with Crippen LogP contribution in [0.1, 0.15) is 0 Å². The predicted molar refractivity (Wildman–Crippen MR) is 83.6 cm³/mol. The van der Waals surface area contributed by atoms with Crippen LogP contribution < -0.4 is 19.7 Å². The van der Waals surface area contributed by atoms with Gasteiger partial charge in [-0.25, -0.2) is 0 Å². The molecule has 6 nitrogen and oxygen atoms in total. The van der Waals surface area contributed by atoms with Crippen LogP contribution in [0.2, 0.25) is 0 Å². The minimum Gasteiger partial charge on any atom is -0.486 e. The highest BCUT2D eigenvalue weighted by Crippen LogP contribution is 2.37. The number of fused-ring (bicyclic) bond motifs is 2. The maximum atomic E-state index is 11.9. The summed E-state index contributed by atoms with van der Waals surface area (Å²) < 4.78 is 32.8. The first-order chi connectivity index (χ1) is 10.0. The van der Waals surface area contributed by atoms with Crippen molar-refractivity contribution in [3.05, 3.63) is 18.2 Å². The van der Waals surface area contributed by atoms with Crippen LogP contribution in [0.3, 0.4) is 0 Å². The van der Waals surface area contributed by atoms with Gasteiger partial charge in [-0.3, -0.25) is 0 Å². The minimum atomic E-state index is -2.76. The Morgan fingerprint density at radius 1 is 1.29 bits per heavy atom. The topological polar surface area (TPSA) is 71.0 Å². The maximum absolute atomic E-state index is 11.9. The van der Waals surface area contributed by atoms with E-state index in [9.17, 15) is 8.76 Å². The lowest BCUT2D eigenvalue weighted by Crippen LogP contribution is -2.37. The molecule has 0 spiro atoms. The number of benzene rings is 1. The molecule has 3 atom stereocenters. The Hall–Kier alpha value is -1.38. The molecule has 112 valence electrons. The van der Waals surface area contributed by atoms with Crippen LogP contribution in [0, 0.1) is 0 Å². The molecule has 0 amide bonds.